The Bertz CT molecular complexity index is 5280. The third-order valence-electron chi connectivity index (χ3n) is 16.4. The summed E-state index contributed by atoms with van der Waals surface area (Å²) in [6, 6.07) is 32.0. The number of rotatable bonds is 31. The number of hydrogen-bond acceptors (Lipinski definition) is 34. The molecule has 11 aromatic rings. The number of aromatic carboxylic acids is 9. The number of carboxylic acid groups (broad SMARTS) is 9. The molecule has 11 heterocycles. The van der Waals surface area contributed by atoms with Crippen molar-refractivity contribution in [2.24, 2.45) is 0 Å². The molecule has 11 rings (SSSR count). The van der Waals surface area contributed by atoms with Crippen LogP contribution in [0.3, 0.4) is 0 Å². The first-order valence-electron chi connectivity index (χ1n) is 38.1. The van der Waals surface area contributed by atoms with E-state index in [2.05, 4.69) is 180 Å². The van der Waals surface area contributed by atoms with Crippen LogP contribution in [-0.4, -0.2) is 155 Å². The van der Waals surface area contributed by atoms with Crippen LogP contribution in [0.2, 0.25) is 0 Å². The fourth-order valence-electron chi connectivity index (χ4n) is 10.6. The zero-order chi connectivity index (χ0) is 99.1. The van der Waals surface area contributed by atoms with Crippen LogP contribution in [0, 0.1) is 32.0 Å². The molecule has 11 aromatic heterocycles. The van der Waals surface area contributed by atoms with E-state index in [1.54, 1.807) is 0 Å². The Labute approximate surface area is 851 Å². The summed E-state index contributed by atoms with van der Waals surface area (Å²) in [6.07, 6.45) is 35.6. The molecule has 0 saturated heterocycles. The van der Waals surface area contributed by atoms with Gasteiger partial charge in [-0.15, -0.1) is 0 Å². The second kappa shape index (κ2) is 77.7. The fourth-order valence-corrected chi connectivity index (χ4v) is 10.6. The smallest absolute Gasteiger partial charge is 0.753 e. The number of thiocyanates is 3. The standard InChI is InChI=1S/C28H44N2.C18H11N3O6.3C12H8N2O4.3CHNS.4CNS.3Ru/c1-3-5-7-9-11-13-15-17-25-19-21-29-27(23-25)28-24-26(20-22-30-28)18-16-14-12-10-8-6-4-2;22-16(23)9-1-3-19-12(5-9)14-7-11(18(26)27)8-15(21-14)13-6-10(17(24)25)2-4-20-13;3*15-11(16)7-1-3-13-9(5-7)10-6-8(12(17)18)2-4-14-10;7*2-1-3;;;/h19-24H,3-18H2,1-2H3;1-8H,(H,22,23)(H,24,25)(H,26,27);3*1-6H,(H,15,16)(H,17,18);3*3H;;;;;;;/q;;;;;;;;4*-1;2*+2;+3/p-7. The number of isothiocyanates is 4. The molecule has 36 nitrogen and oxygen atoms in total. The van der Waals surface area contributed by atoms with Crippen LogP contribution < -0.4 is 20.4 Å². The summed E-state index contributed by atoms with van der Waals surface area (Å²) < 4.78 is 0. The molecule has 0 spiro atoms. The number of carbonyl (C=O) groups is 9. The molecule has 135 heavy (non-hydrogen) atoms. The molecule has 0 amide bonds. The minimum Gasteiger partial charge on any atom is -0.753 e. The van der Waals surface area contributed by atoms with Gasteiger partial charge in [0.2, 0.25) is 0 Å². The molecule has 0 aliphatic rings. The average Bonchev–Trinajstić information content (AvgIpc) is 0.802. The molecule has 0 atom stereocenters. The van der Waals surface area contributed by atoms with Gasteiger partial charge < -0.3 is 125 Å². The maximum atomic E-state index is 11.3. The molecule has 0 fully saturated rings. The monoisotopic (exact) mass is 2210 g/mol. The van der Waals surface area contributed by atoms with Crippen LogP contribution in [0.25, 0.3) is 90.0 Å². The number of aromatic nitrogens is 11. The van der Waals surface area contributed by atoms with Crippen LogP contribution in [-0.2, 0) is 109 Å². The van der Waals surface area contributed by atoms with Gasteiger partial charge >= 0.3 is 88.3 Å². The van der Waals surface area contributed by atoms with Crippen LogP contribution in [0.5, 0.6) is 0 Å². The number of thiocarbonyl (C=S) groups is 4. The Morgan fingerprint density at radius 2 is 0.437 bits per heavy atom. The van der Waals surface area contributed by atoms with E-state index >= 15 is 0 Å². The number of carboxylic acids is 9. The largest absolute Gasteiger partial charge is 3.00 e. The molecule has 1 radical (unpaired) electrons. The summed E-state index contributed by atoms with van der Waals surface area (Å²) in [6.45, 7) is 4.56. The first-order valence-corrected chi connectivity index (χ1v) is 40.9. The molecule has 0 aliphatic heterocycles. The average molecular weight is 2210 g/mol. The van der Waals surface area contributed by atoms with Gasteiger partial charge in [-0.3, -0.25) is 49.8 Å². The molecule has 46 heteroatoms. The Hall–Kier alpha value is -13.9. The normalized spacial score (nSPS) is 8.94. The first-order chi connectivity index (χ1) is 63.3. The van der Waals surface area contributed by atoms with Gasteiger partial charge in [-0.25, -0.2) is 44.7 Å². The molecular weight excluding hydrogens is 2140 g/mol. The number of pyridine rings is 11. The summed E-state index contributed by atoms with van der Waals surface area (Å²) in [5, 5.41) is 148. The van der Waals surface area contributed by atoms with E-state index in [0.717, 1.165) is 24.2 Å². The van der Waals surface area contributed by atoms with Crippen molar-refractivity contribution in [3.63, 3.8) is 0 Å². The summed E-state index contributed by atoms with van der Waals surface area (Å²) >= 11 is 25.9. The zero-order valence-corrected chi connectivity index (χ0v) is 81.7. The molecule has 0 aromatic carbocycles. The minimum atomic E-state index is -1.50. The number of aryl methyl sites for hydroxylation is 2. The zero-order valence-electron chi connectivity index (χ0n) is 70.8. The molecule has 5 N–H and O–H groups in total. The number of unbranched alkanes of at least 4 members (excludes halogenated alkanes) is 12. The number of hydrogen-bond donors (Lipinski definition) is 5. The van der Waals surface area contributed by atoms with Crippen molar-refractivity contribution in [2.45, 2.75) is 117 Å². The van der Waals surface area contributed by atoms with Gasteiger partial charge in [-0.05, 0) is 170 Å². The maximum Gasteiger partial charge on any atom is 3.00 e. The topological polar surface area (TPSA) is 649 Å². The van der Waals surface area contributed by atoms with Gasteiger partial charge in [0.15, 0.2) is 0 Å². The third kappa shape index (κ3) is 54.0. The van der Waals surface area contributed by atoms with Crippen LogP contribution >= 0.6 is 48.9 Å². The number of nitriles is 3. The van der Waals surface area contributed by atoms with E-state index in [9.17, 15) is 63.6 Å². The SMILES string of the molecule is CCCCCCCCCc1ccnc(-c2cc(CCCCCCCCC)ccn2)c1.N#C[S-].N#C[S-].N#C[S-].O=C(O)c1ccnc(-c2cc(C(=O)O)ccn2)c1.O=C(O)c1ccnc(-c2cc(C(=O)O)ccn2)c1.O=C([O-])c1ccnc(-c2cc(C(=O)[O-])cc(-c3cc(C(=O)O)ccn3)n2)c1.O=C([O-])c1ccnc(-c2cc(C(=O)[O-])ccn2)c1.[N-]=C=S.[N-]=C=S.[N-]=C=S.[N-]=C=S.[Ru+2].[Ru+2].[Ru+3]. The molecular formula is C89H75N18O18Ru3S7-4. The van der Waals surface area contributed by atoms with Gasteiger partial charge in [-0.1, -0.05) is 156 Å². The van der Waals surface area contributed by atoms with Crippen molar-refractivity contribution in [1.82, 2.24) is 54.8 Å². The summed E-state index contributed by atoms with van der Waals surface area (Å²) in [5.74, 6) is -11.1. The molecule has 0 aliphatic carbocycles. The predicted octanol–water partition coefficient (Wildman–Crippen LogP) is 13.0. The Kier molecular flexibility index (Phi) is 73.3. The second-order valence-corrected chi connectivity index (χ2v) is 26.5. The van der Waals surface area contributed by atoms with Crippen molar-refractivity contribution in [2.75, 3.05) is 0 Å². The Morgan fingerprint density at radius 3 is 0.622 bits per heavy atom. The Balaban J connectivity index is -0.000000758. The fraction of sp³-hybridized carbons (Fsp3) is 0.202. The van der Waals surface area contributed by atoms with Crippen molar-refractivity contribution in [3.05, 3.63) is 278 Å². The van der Waals surface area contributed by atoms with Gasteiger partial charge in [0, 0.05) is 84.2 Å². The second-order valence-electron chi connectivity index (χ2n) is 25.2. The summed E-state index contributed by atoms with van der Waals surface area (Å²) in [4.78, 5) is 143. The van der Waals surface area contributed by atoms with E-state index in [1.165, 1.54) is 297 Å². The number of nitrogens with zero attached hydrogens (tertiary/aromatic N) is 18. The predicted molar refractivity (Wildman–Crippen MR) is 499 cm³/mol. The molecule has 0 saturated carbocycles. The molecule has 699 valence electrons. The van der Waals surface area contributed by atoms with E-state index in [-0.39, 0.29) is 143 Å². The van der Waals surface area contributed by atoms with Crippen molar-refractivity contribution >= 4 is 161 Å². The summed E-state index contributed by atoms with van der Waals surface area (Å²) in [7, 11) is 0. The van der Waals surface area contributed by atoms with Crippen molar-refractivity contribution in [3.8, 4) is 84.5 Å². The van der Waals surface area contributed by atoms with Gasteiger partial charge in [0.05, 0.1) is 120 Å². The quantitative estimate of drug-likeness (QED) is 0.00673. The maximum absolute atomic E-state index is 11.3. The van der Waals surface area contributed by atoms with Crippen LogP contribution in [0.1, 0.15) is 208 Å². The van der Waals surface area contributed by atoms with Gasteiger partial charge in [-0.2, -0.15) is 20.6 Å². The first kappa shape index (κ1) is 127. The van der Waals surface area contributed by atoms with E-state index < -0.39 is 53.7 Å². The molecule has 0 unspecified atom stereocenters. The van der Waals surface area contributed by atoms with Crippen molar-refractivity contribution < 1.29 is 148 Å². The minimum absolute atomic E-state index is 0. The van der Waals surface area contributed by atoms with Gasteiger partial charge in [0.25, 0.3) is 0 Å². The van der Waals surface area contributed by atoms with E-state index in [1.807, 2.05) is 12.4 Å². The van der Waals surface area contributed by atoms with Crippen molar-refractivity contribution in [1.29, 1.82) is 15.8 Å². The Morgan fingerprint density at radius 1 is 0.289 bits per heavy atom. The van der Waals surface area contributed by atoms with Crippen LogP contribution in [0.15, 0.2) is 195 Å². The van der Waals surface area contributed by atoms with E-state index in [4.69, 9.17) is 63.0 Å². The molecule has 0 bridgehead atoms. The van der Waals surface area contributed by atoms with E-state index in [0.29, 0.717) is 22.8 Å². The number of carbonyl (C=O) groups excluding carboxylic acids is 4. The van der Waals surface area contributed by atoms with Gasteiger partial charge in [0.1, 0.15) is 0 Å². The summed E-state index contributed by atoms with van der Waals surface area (Å²) in [5.41, 5.74) is 6.65. The third-order valence-corrected chi connectivity index (χ3v) is 16.4. The van der Waals surface area contributed by atoms with Crippen LogP contribution in [0.4, 0.5) is 0 Å².